The third-order valence-electron chi connectivity index (χ3n) is 3.07. The molecule has 0 radical (unpaired) electrons. The molecule has 4 heteroatoms. The number of hydrogen-bond donors (Lipinski definition) is 2. The zero-order valence-corrected chi connectivity index (χ0v) is 12.9. The number of benzene rings is 2. The Morgan fingerprint density at radius 3 is 2.67 bits per heavy atom. The van der Waals surface area contributed by atoms with Crippen LogP contribution in [0.4, 0.5) is 5.69 Å². The fourth-order valence-corrected chi connectivity index (χ4v) is 2.95. The number of rotatable bonds is 6. The van der Waals surface area contributed by atoms with Crippen molar-refractivity contribution in [3.05, 3.63) is 60.2 Å². The molecular weight excluding hydrogens is 280 g/mol. The number of amides is 1. The molecule has 21 heavy (non-hydrogen) atoms. The van der Waals surface area contributed by atoms with Crippen LogP contribution in [0.15, 0.2) is 59.5 Å². The van der Waals surface area contributed by atoms with Crippen LogP contribution in [0.2, 0.25) is 0 Å². The molecular formula is C17H20N2OS. The fraction of sp³-hybridized carbons (Fsp3) is 0.235. The van der Waals surface area contributed by atoms with E-state index >= 15 is 0 Å². The van der Waals surface area contributed by atoms with Gasteiger partial charge < -0.3 is 11.1 Å². The largest absolute Gasteiger partial charge is 0.325 e. The summed E-state index contributed by atoms with van der Waals surface area (Å²) in [5, 5.41) is 2.83. The fourth-order valence-electron chi connectivity index (χ4n) is 1.90. The Hall–Kier alpha value is -1.78. The predicted molar refractivity (Wildman–Crippen MR) is 89.6 cm³/mol. The number of aryl methyl sites for hydroxylation is 1. The second-order valence-corrected chi connectivity index (χ2v) is 6.08. The molecule has 0 bridgehead atoms. The molecule has 0 spiro atoms. The summed E-state index contributed by atoms with van der Waals surface area (Å²) in [7, 11) is 0. The van der Waals surface area contributed by atoms with Crippen LogP contribution in [-0.2, 0) is 4.79 Å². The summed E-state index contributed by atoms with van der Waals surface area (Å²) in [6.45, 7) is 2.07. The van der Waals surface area contributed by atoms with Crippen molar-refractivity contribution in [3.8, 4) is 0 Å². The van der Waals surface area contributed by atoms with E-state index in [9.17, 15) is 4.79 Å². The van der Waals surface area contributed by atoms with Gasteiger partial charge in [0.25, 0.3) is 0 Å². The molecule has 0 aliphatic carbocycles. The zero-order valence-electron chi connectivity index (χ0n) is 12.1. The van der Waals surface area contributed by atoms with E-state index in [0.29, 0.717) is 6.42 Å². The van der Waals surface area contributed by atoms with E-state index in [2.05, 4.69) is 30.4 Å². The van der Waals surface area contributed by atoms with Gasteiger partial charge in [-0.15, -0.1) is 11.8 Å². The molecule has 110 valence electrons. The van der Waals surface area contributed by atoms with Crippen LogP contribution < -0.4 is 11.1 Å². The average molecular weight is 300 g/mol. The van der Waals surface area contributed by atoms with Gasteiger partial charge in [-0.3, -0.25) is 4.79 Å². The standard InChI is InChI=1S/C17H20N2OS/c1-13-6-5-9-15(12-13)21-11-10-16(18)17(20)19-14-7-3-2-4-8-14/h2-9,12,16H,10-11,18H2,1H3,(H,19,20). The first-order valence-corrected chi connectivity index (χ1v) is 7.94. The van der Waals surface area contributed by atoms with E-state index in [1.807, 2.05) is 36.4 Å². The van der Waals surface area contributed by atoms with Gasteiger partial charge in [0, 0.05) is 10.6 Å². The number of nitrogens with one attached hydrogen (secondary N) is 1. The molecule has 0 fully saturated rings. The molecule has 3 nitrogen and oxygen atoms in total. The number of carbonyl (C=O) groups excluding carboxylic acids is 1. The van der Waals surface area contributed by atoms with Gasteiger partial charge >= 0.3 is 0 Å². The summed E-state index contributed by atoms with van der Waals surface area (Å²) in [5.74, 6) is 0.693. The minimum absolute atomic E-state index is 0.133. The summed E-state index contributed by atoms with van der Waals surface area (Å²) in [6.07, 6.45) is 0.650. The lowest BCUT2D eigenvalue weighted by Gasteiger charge is -2.12. The maximum absolute atomic E-state index is 12.0. The van der Waals surface area contributed by atoms with Crippen LogP contribution in [0.3, 0.4) is 0 Å². The highest BCUT2D eigenvalue weighted by Gasteiger charge is 2.13. The summed E-state index contributed by atoms with van der Waals surface area (Å²) in [5.41, 5.74) is 7.96. The van der Waals surface area contributed by atoms with Crippen molar-refractivity contribution < 1.29 is 4.79 Å². The highest BCUT2D eigenvalue weighted by Crippen LogP contribution is 2.20. The van der Waals surface area contributed by atoms with Crippen LogP contribution in [0.25, 0.3) is 0 Å². The number of thioether (sulfide) groups is 1. The van der Waals surface area contributed by atoms with Crippen LogP contribution in [0.1, 0.15) is 12.0 Å². The molecule has 1 unspecified atom stereocenters. The van der Waals surface area contributed by atoms with Gasteiger partial charge in [0.05, 0.1) is 6.04 Å². The average Bonchev–Trinajstić information content (AvgIpc) is 2.48. The molecule has 0 saturated carbocycles. The smallest absolute Gasteiger partial charge is 0.241 e. The normalized spacial score (nSPS) is 11.9. The number of hydrogen-bond acceptors (Lipinski definition) is 3. The van der Waals surface area contributed by atoms with Gasteiger partial charge in [-0.05, 0) is 43.4 Å². The van der Waals surface area contributed by atoms with Crippen molar-refractivity contribution in [3.63, 3.8) is 0 Å². The van der Waals surface area contributed by atoms with E-state index < -0.39 is 6.04 Å². The molecule has 2 rings (SSSR count). The Morgan fingerprint density at radius 2 is 1.95 bits per heavy atom. The summed E-state index contributed by atoms with van der Waals surface area (Å²) >= 11 is 1.73. The van der Waals surface area contributed by atoms with E-state index in [4.69, 9.17) is 5.73 Å². The minimum Gasteiger partial charge on any atom is -0.325 e. The molecule has 2 aromatic rings. The Bertz CT molecular complexity index is 586. The Labute approximate surface area is 129 Å². The third-order valence-corrected chi connectivity index (χ3v) is 4.09. The van der Waals surface area contributed by atoms with Crippen molar-refractivity contribution in [1.29, 1.82) is 0 Å². The highest BCUT2D eigenvalue weighted by molar-refractivity contribution is 7.99. The first kappa shape index (κ1) is 15.6. The van der Waals surface area contributed by atoms with E-state index in [0.717, 1.165) is 11.4 Å². The van der Waals surface area contributed by atoms with Gasteiger partial charge in [0.1, 0.15) is 0 Å². The number of para-hydroxylation sites is 1. The first-order chi connectivity index (χ1) is 10.1. The monoisotopic (exact) mass is 300 g/mol. The maximum atomic E-state index is 12.0. The minimum atomic E-state index is -0.484. The lowest BCUT2D eigenvalue weighted by molar-refractivity contribution is -0.117. The third kappa shape index (κ3) is 5.25. The molecule has 1 amide bonds. The van der Waals surface area contributed by atoms with Crippen molar-refractivity contribution in [2.75, 3.05) is 11.1 Å². The maximum Gasteiger partial charge on any atom is 0.241 e. The van der Waals surface area contributed by atoms with E-state index in [1.54, 1.807) is 11.8 Å². The quantitative estimate of drug-likeness (QED) is 0.803. The van der Waals surface area contributed by atoms with Crippen molar-refractivity contribution in [2.24, 2.45) is 5.73 Å². The van der Waals surface area contributed by atoms with E-state index in [-0.39, 0.29) is 5.91 Å². The number of carbonyl (C=O) groups is 1. The van der Waals surface area contributed by atoms with Gasteiger partial charge in [-0.1, -0.05) is 35.9 Å². The number of anilines is 1. The van der Waals surface area contributed by atoms with Gasteiger partial charge in [-0.25, -0.2) is 0 Å². The highest BCUT2D eigenvalue weighted by atomic mass is 32.2. The SMILES string of the molecule is Cc1cccc(SCCC(N)C(=O)Nc2ccccc2)c1. The van der Waals surface area contributed by atoms with Crippen molar-refractivity contribution in [2.45, 2.75) is 24.3 Å². The topological polar surface area (TPSA) is 55.1 Å². The molecule has 2 aromatic carbocycles. The van der Waals surface area contributed by atoms with Crippen molar-refractivity contribution >= 4 is 23.4 Å². The Balaban J connectivity index is 1.76. The van der Waals surface area contributed by atoms with Crippen LogP contribution in [-0.4, -0.2) is 17.7 Å². The molecule has 0 heterocycles. The van der Waals surface area contributed by atoms with Crippen LogP contribution in [0.5, 0.6) is 0 Å². The first-order valence-electron chi connectivity index (χ1n) is 6.96. The second-order valence-electron chi connectivity index (χ2n) is 4.92. The molecule has 0 saturated heterocycles. The predicted octanol–water partition coefficient (Wildman–Crippen LogP) is 3.44. The molecule has 3 N–H and O–H groups in total. The second kappa shape index (κ2) is 7.86. The summed E-state index contributed by atoms with van der Waals surface area (Å²) in [6, 6.07) is 17.2. The molecule has 0 aromatic heterocycles. The van der Waals surface area contributed by atoms with Gasteiger partial charge in [0.15, 0.2) is 0 Å². The lowest BCUT2D eigenvalue weighted by atomic mass is 10.2. The molecule has 0 aliphatic heterocycles. The summed E-state index contributed by atoms with van der Waals surface area (Å²) in [4.78, 5) is 13.2. The van der Waals surface area contributed by atoms with E-state index in [1.165, 1.54) is 10.5 Å². The number of nitrogens with two attached hydrogens (primary N) is 1. The van der Waals surface area contributed by atoms with Crippen LogP contribution in [0, 0.1) is 6.92 Å². The Kier molecular flexibility index (Phi) is 5.84. The Morgan fingerprint density at radius 1 is 1.19 bits per heavy atom. The van der Waals surface area contributed by atoms with Gasteiger partial charge in [0.2, 0.25) is 5.91 Å². The molecule has 1 atom stereocenters. The van der Waals surface area contributed by atoms with Crippen molar-refractivity contribution in [1.82, 2.24) is 0 Å². The zero-order chi connectivity index (χ0) is 15.1. The van der Waals surface area contributed by atoms with Crippen LogP contribution >= 0.6 is 11.8 Å². The summed E-state index contributed by atoms with van der Waals surface area (Å²) < 4.78 is 0. The lowest BCUT2D eigenvalue weighted by Crippen LogP contribution is -2.36. The van der Waals surface area contributed by atoms with Gasteiger partial charge in [-0.2, -0.15) is 0 Å². The molecule has 0 aliphatic rings.